The largest absolute Gasteiger partial charge is 0.393 e. The first-order chi connectivity index (χ1) is 7.75. The van der Waals surface area contributed by atoms with Crippen molar-refractivity contribution in [3.8, 4) is 0 Å². The Labute approximate surface area is 98.7 Å². The molecule has 0 saturated heterocycles. The summed E-state index contributed by atoms with van der Waals surface area (Å²) in [7, 11) is 0. The fourth-order valence-electron chi connectivity index (χ4n) is 2.00. The Kier molecular flexibility index (Phi) is 3.90. The van der Waals surface area contributed by atoms with Crippen LogP contribution in [0, 0.1) is 5.92 Å². The van der Waals surface area contributed by atoms with Gasteiger partial charge in [-0.05, 0) is 31.6 Å². The SMILES string of the molecule is O=C(NCC1CCC(O)CC1)c1cncs1. The average Bonchev–Trinajstić information content (AvgIpc) is 2.81. The average molecular weight is 240 g/mol. The maximum atomic E-state index is 11.6. The first-order valence-electron chi connectivity index (χ1n) is 5.60. The van der Waals surface area contributed by atoms with E-state index in [1.807, 2.05) is 0 Å². The molecule has 1 aliphatic rings. The van der Waals surface area contributed by atoms with Crippen LogP contribution in [0.5, 0.6) is 0 Å². The fourth-order valence-corrected chi connectivity index (χ4v) is 2.54. The third kappa shape index (κ3) is 3.02. The highest BCUT2D eigenvalue weighted by Gasteiger charge is 2.20. The van der Waals surface area contributed by atoms with Crippen molar-refractivity contribution >= 4 is 17.2 Å². The summed E-state index contributed by atoms with van der Waals surface area (Å²) in [5.41, 5.74) is 1.66. The molecule has 0 unspecified atom stereocenters. The van der Waals surface area contributed by atoms with Crippen LogP contribution in [0.25, 0.3) is 0 Å². The molecular formula is C11H16N2O2S. The number of thiazole rings is 1. The van der Waals surface area contributed by atoms with Crippen molar-refractivity contribution in [2.24, 2.45) is 5.92 Å². The van der Waals surface area contributed by atoms with Crippen LogP contribution in [0.15, 0.2) is 11.7 Å². The van der Waals surface area contributed by atoms with E-state index in [2.05, 4.69) is 10.3 Å². The van der Waals surface area contributed by atoms with Gasteiger partial charge < -0.3 is 10.4 Å². The maximum absolute atomic E-state index is 11.6. The number of nitrogens with zero attached hydrogens (tertiary/aromatic N) is 1. The number of hydrogen-bond donors (Lipinski definition) is 2. The second-order valence-corrected chi connectivity index (χ2v) is 5.14. The van der Waals surface area contributed by atoms with Crippen molar-refractivity contribution in [1.29, 1.82) is 0 Å². The molecule has 1 saturated carbocycles. The smallest absolute Gasteiger partial charge is 0.263 e. The normalized spacial score (nSPS) is 25.3. The van der Waals surface area contributed by atoms with Crippen LogP contribution in [-0.2, 0) is 0 Å². The Morgan fingerprint density at radius 1 is 1.50 bits per heavy atom. The van der Waals surface area contributed by atoms with Gasteiger partial charge in [-0.15, -0.1) is 11.3 Å². The molecule has 1 amide bonds. The van der Waals surface area contributed by atoms with Crippen molar-refractivity contribution in [1.82, 2.24) is 10.3 Å². The highest BCUT2D eigenvalue weighted by molar-refractivity contribution is 7.11. The Balaban J connectivity index is 1.73. The van der Waals surface area contributed by atoms with Crippen molar-refractivity contribution in [3.63, 3.8) is 0 Å². The van der Waals surface area contributed by atoms with E-state index in [1.165, 1.54) is 11.3 Å². The van der Waals surface area contributed by atoms with Crippen LogP contribution in [0.4, 0.5) is 0 Å². The number of aromatic nitrogens is 1. The summed E-state index contributed by atoms with van der Waals surface area (Å²) in [5.74, 6) is 0.480. The Hall–Kier alpha value is -0.940. The van der Waals surface area contributed by atoms with E-state index in [1.54, 1.807) is 11.7 Å². The topological polar surface area (TPSA) is 62.2 Å². The lowest BCUT2D eigenvalue weighted by molar-refractivity contribution is 0.0913. The van der Waals surface area contributed by atoms with Gasteiger partial charge in [-0.25, -0.2) is 0 Å². The zero-order chi connectivity index (χ0) is 11.4. The summed E-state index contributed by atoms with van der Waals surface area (Å²) in [6.07, 6.45) is 5.19. The van der Waals surface area contributed by atoms with Crippen molar-refractivity contribution < 1.29 is 9.90 Å². The molecule has 0 atom stereocenters. The second-order valence-electron chi connectivity index (χ2n) is 4.25. The quantitative estimate of drug-likeness (QED) is 0.840. The number of aliphatic hydroxyl groups is 1. The number of hydrogen-bond acceptors (Lipinski definition) is 4. The van der Waals surface area contributed by atoms with Gasteiger partial charge in [0.25, 0.3) is 5.91 Å². The lowest BCUT2D eigenvalue weighted by Gasteiger charge is -2.25. The molecule has 1 aromatic heterocycles. The van der Waals surface area contributed by atoms with Crippen LogP contribution in [0.2, 0.25) is 0 Å². The summed E-state index contributed by atoms with van der Waals surface area (Å²) < 4.78 is 0. The van der Waals surface area contributed by atoms with E-state index in [0.717, 1.165) is 25.7 Å². The molecule has 2 N–H and O–H groups in total. The van der Waals surface area contributed by atoms with Gasteiger partial charge in [0, 0.05) is 6.54 Å². The van der Waals surface area contributed by atoms with Crippen LogP contribution in [-0.4, -0.2) is 28.6 Å². The lowest BCUT2D eigenvalue weighted by atomic mass is 9.87. The van der Waals surface area contributed by atoms with Crippen LogP contribution < -0.4 is 5.32 Å². The number of carbonyl (C=O) groups excluding carboxylic acids is 1. The van der Waals surface area contributed by atoms with Gasteiger partial charge in [0.05, 0.1) is 17.8 Å². The summed E-state index contributed by atoms with van der Waals surface area (Å²) in [6, 6.07) is 0. The molecule has 88 valence electrons. The van der Waals surface area contributed by atoms with Gasteiger partial charge in [-0.3, -0.25) is 9.78 Å². The predicted molar refractivity (Wildman–Crippen MR) is 62.4 cm³/mol. The van der Waals surface area contributed by atoms with E-state index < -0.39 is 0 Å². The molecule has 4 nitrogen and oxygen atoms in total. The van der Waals surface area contributed by atoms with Gasteiger partial charge in [0.1, 0.15) is 4.88 Å². The summed E-state index contributed by atoms with van der Waals surface area (Å²) >= 11 is 1.35. The number of aliphatic hydroxyl groups excluding tert-OH is 1. The molecule has 0 aliphatic heterocycles. The molecule has 5 heteroatoms. The number of amides is 1. The van der Waals surface area contributed by atoms with Crippen molar-refractivity contribution in [2.75, 3.05) is 6.54 Å². The molecule has 0 radical (unpaired) electrons. The van der Waals surface area contributed by atoms with Crippen molar-refractivity contribution in [2.45, 2.75) is 31.8 Å². The van der Waals surface area contributed by atoms with Gasteiger partial charge >= 0.3 is 0 Å². The summed E-state index contributed by atoms with van der Waals surface area (Å²) in [4.78, 5) is 16.2. The third-order valence-electron chi connectivity index (χ3n) is 3.02. The highest BCUT2D eigenvalue weighted by Crippen LogP contribution is 2.23. The zero-order valence-corrected chi connectivity index (χ0v) is 9.87. The number of rotatable bonds is 3. The summed E-state index contributed by atoms with van der Waals surface area (Å²) in [5, 5.41) is 12.3. The fraction of sp³-hybridized carbons (Fsp3) is 0.636. The van der Waals surface area contributed by atoms with Crippen molar-refractivity contribution in [3.05, 3.63) is 16.6 Å². The van der Waals surface area contributed by atoms with Gasteiger partial charge in [-0.1, -0.05) is 0 Å². The predicted octanol–water partition coefficient (Wildman–Crippen LogP) is 1.42. The number of nitrogens with one attached hydrogen (secondary N) is 1. The van der Waals surface area contributed by atoms with Gasteiger partial charge in [0.15, 0.2) is 0 Å². The van der Waals surface area contributed by atoms with E-state index in [9.17, 15) is 9.90 Å². The Bertz CT molecular complexity index is 332. The van der Waals surface area contributed by atoms with Crippen LogP contribution >= 0.6 is 11.3 Å². The molecule has 1 aliphatic carbocycles. The maximum Gasteiger partial charge on any atom is 0.263 e. The second kappa shape index (κ2) is 5.41. The third-order valence-corrected chi connectivity index (χ3v) is 3.80. The van der Waals surface area contributed by atoms with Gasteiger partial charge in [0.2, 0.25) is 0 Å². The van der Waals surface area contributed by atoms with Gasteiger partial charge in [-0.2, -0.15) is 0 Å². The summed E-state index contributed by atoms with van der Waals surface area (Å²) in [6.45, 7) is 0.712. The Morgan fingerprint density at radius 3 is 2.88 bits per heavy atom. The Morgan fingerprint density at radius 2 is 2.25 bits per heavy atom. The monoisotopic (exact) mass is 240 g/mol. The molecule has 1 heterocycles. The molecule has 0 spiro atoms. The van der Waals surface area contributed by atoms with E-state index in [-0.39, 0.29) is 12.0 Å². The standard InChI is InChI=1S/C11H16N2O2S/c14-9-3-1-8(2-4-9)5-13-11(15)10-6-12-7-16-10/h6-9,14H,1-5H2,(H,13,15). The van der Waals surface area contributed by atoms with E-state index >= 15 is 0 Å². The lowest BCUT2D eigenvalue weighted by Crippen LogP contribution is -2.31. The van der Waals surface area contributed by atoms with E-state index in [0.29, 0.717) is 17.3 Å². The minimum absolute atomic E-state index is 0.0337. The minimum atomic E-state index is -0.131. The molecule has 1 aromatic rings. The number of carbonyl (C=O) groups is 1. The molecular weight excluding hydrogens is 224 g/mol. The zero-order valence-electron chi connectivity index (χ0n) is 9.06. The molecule has 0 aromatic carbocycles. The molecule has 16 heavy (non-hydrogen) atoms. The van der Waals surface area contributed by atoms with E-state index in [4.69, 9.17) is 0 Å². The molecule has 1 fully saturated rings. The molecule has 0 bridgehead atoms. The highest BCUT2D eigenvalue weighted by atomic mass is 32.1. The minimum Gasteiger partial charge on any atom is -0.393 e. The first-order valence-corrected chi connectivity index (χ1v) is 6.48. The molecule has 2 rings (SSSR count). The first kappa shape index (κ1) is 11.5. The van der Waals surface area contributed by atoms with Crippen LogP contribution in [0.3, 0.4) is 0 Å². The van der Waals surface area contributed by atoms with Crippen LogP contribution in [0.1, 0.15) is 35.4 Å².